The van der Waals surface area contributed by atoms with Crippen molar-refractivity contribution in [3.05, 3.63) is 58.3 Å². The van der Waals surface area contributed by atoms with Gasteiger partial charge in [-0.1, -0.05) is 0 Å². The highest BCUT2D eigenvalue weighted by atomic mass is 32.1. The molecule has 26 heavy (non-hydrogen) atoms. The number of thiophene rings is 1. The number of carbonyl (C=O) groups excluding carboxylic acids is 1. The first-order chi connectivity index (χ1) is 12.7. The van der Waals surface area contributed by atoms with Gasteiger partial charge >= 0.3 is 0 Å². The van der Waals surface area contributed by atoms with Crippen LogP contribution in [0.5, 0.6) is 0 Å². The molecule has 0 unspecified atom stereocenters. The van der Waals surface area contributed by atoms with Crippen molar-refractivity contribution in [2.75, 3.05) is 13.1 Å². The van der Waals surface area contributed by atoms with Crippen LogP contribution in [0.15, 0.2) is 41.5 Å². The van der Waals surface area contributed by atoms with E-state index in [4.69, 9.17) is 0 Å². The molecule has 1 atom stereocenters. The molecule has 7 nitrogen and oxygen atoms in total. The van der Waals surface area contributed by atoms with Gasteiger partial charge in [0.2, 0.25) is 0 Å². The number of amides is 1. The van der Waals surface area contributed by atoms with Crippen molar-refractivity contribution in [1.82, 2.24) is 29.8 Å². The zero-order valence-electron chi connectivity index (χ0n) is 14.7. The molecule has 8 heteroatoms. The van der Waals surface area contributed by atoms with Crippen molar-refractivity contribution in [1.29, 1.82) is 0 Å². The van der Waals surface area contributed by atoms with Crippen LogP contribution in [0.1, 0.15) is 21.6 Å². The van der Waals surface area contributed by atoms with Crippen LogP contribution in [0.2, 0.25) is 0 Å². The van der Waals surface area contributed by atoms with E-state index in [1.165, 1.54) is 22.6 Å². The standard InChI is InChI=1S/C18H22N6OS/c1-22-8-15(7-21-22)10-23-9-14(11-24-17(12-23)2-4-20-24)6-19-18(25)16-3-5-26-13-16/h2-5,7-8,13-14H,6,9-12H2,1H3,(H,19,25)/t14-/m0/s1. The van der Waals surface area contributed by atoms with Crippen molar-refractivity contribution in [3.63, 3.8) is 0 Å². The van der Waals surface area contributed by atoms with E-state index in [2.05, 4.69) is 37.4 Å². The third-order valence-corrected chi connectivity index (χ3v) is 5.32. The maximum Gasteiger partial charge on any atom is 0.252 e. The van der Waals surface area contributed by atoms with Crippen molar-refractivity contribution in [2.24, 2.45) is 13.0 Å². The summed E-state index contributed by atoms with van der Waals surface area (Å²) in [6.07, 6.45) is 5.81. The summed E-state index contributed by atoms with van der Waals surface area (Å²) >= 11 is 1.54. The molecule has 0 radical (unpaired) electrons. The largest absolute Gasteiger partial charge is 0.352 e. The van der Waals surface area contributed by atoms with Crippen molar-refractivity contribution >= 4 is 17.2 Å². The minimum absolute atomic E-state index is 0.00463. The maximum atomic E-state index is 12.3. The van der Waals surface area contributed by atoms with Gasteiger partial charge in [-0.25, -0.2) is 0 Å². The fourth-order valence-electron chi connectivity index (χ4n) is 3.41. The van der Waals surface area contributed by atoms with Gasteiger partial charge in [-0.15, -0.1) is 0 Å². The number of aromatic nitrogens is 4. The lowest BCUT2D eigenvalue weighted by atomic mass is 10.1. The van der Waals surface area contributed by atoms with Crippen LogP contribution in [0.3, 0.4) is 0 Å². The maximum absolute atomic E-state index is 12.3. The fraction of sp³-hybridized carbons (Fsp3) is 0.389. The summed E-state index contributed by atoms with van der Waals surface area (Å²) in [6, 6.07) is 3.93. The van der Waals surface area contributed by atoms with E-state index >= 15 is 0 Å². The Balaban J connectivity index is 1.44. The number of nitrogens with zero attached hydrogens (tertiary/aromatic N) is 5. The Hall–Kier alpha value is -2.45. The molecule has 1 N–H and O–H groups in total. The number of rotatable bonds is 5. The lowest BCUT2D eigenvalue weighted by molar-refractivity contribution is 0.0940. The quantitative estimate of drug-likeness (QED) is 0.743. The van der Waals surface area contributed by atoms with Crippen LogP contribution in [0.4, 0.5) is 0 Å². The van der Waals surface area contributed by atoms with Gasteiger partial charge in [-0.2, -0.15) is 21.5 Å². The van der Waals surface area contributed by atoms with Gasteiger partial charge in [0.1, 0.15) is 0 Å². The Labute approximate surface area is 156 Å². The Morgan fingerprint density at radius 2 is 2.27 bits per heavy atom. The topological polar surface area (TPSA) is 68.0 Å². The molecule has 0 aliphatic carbocycles. The lowest BCUT2D eigenvalue weighted by Crippen LogP contribution is -2.36. The molecule has 0 saturated heterocycles. The highest BCUT2D eigenvalue weighted by Crippen LogP contribution is 2.18. The normalized spacial score (nSPS) is 17.7. The van der Waals surface area contributed by atoms with Gasteiger partial charge < -0.3 is 5.32 Å². The second-order valence-corrected chi connectivity index (χ2v) is 7.56. The summed E-state index contributed by atoms with van der Waals surface area (Å²) in [5.41, 5.74) is 3.14. The molecule has 0 saturated carbocycles. The SMILES string of the molecule is Cn1cc(CN2Cc3ccnn3C[C@@H](CNC(=O)c3ccsc3)C2)cn1. The van der Waals surface area contributed by atoms with E-state index in [9.17, 15) is 4.79 Å². The first-order valence-corrected chi connectivity index (χ1v) is 9.62. The summed E-state index contributed by atoms with van der Waals surface area (Å²) in [6.45, 7) is 4.05. The second-order valence-electron chi connectivity index (χ2n) is 6.78. The summed E-state index contributed by atoms with van der Waals surface area (Å²) in [4.78, 5) is 14.7. The number of fused-ring (bicyclic) bond motifs is 1. The van der Waals surface area contributed by atoms with Crippen LogP contribution in [-0.4, -0.2) is 43.5 Å². The van der Waals surface area contributed by atoms with Gasteiger partial charge in [-0.05, 0) is 17.5 Å². The smallest absolute Gasteiger partial charge is 0.252 e. The van der Waals surface area contributed by atoms with E-state index in [0.29, 0.717) is 12.5 Å². The average Bonchev–Trinajstić information content (AvgIpc) is 3.35. The van der Waals surface area contributed by atoms with Crippen molar-refractivity contribution in [2.45, 2.75) is 19.6 Å². The van der Waals surface area contributed by atoms with Crippen LogP contribution in [-0.2, 0) is 26.7 Å². The molecule has 0 aromatic carbocycles. The molecule has 0 fully saturated rings. The summed E-state index contributed by atoms with van der Waals surface area (Å²) in [7, 11) is 1.93. The summed E-state index contributed by atoms with van der Waals surface area (Å²) in [5.74, 6) is 0.297. The molecular formula is C18H22N6OS. The predicted octanol–water partition coefficient (Wildman–Crippen LogP) is 1.74. The van der Waals surface area contributed by atoms with E-state index in [-0.39, 0.29) is 5.91 Å². The molecular weight excluding hydrogens is 348 g/mol. The minimum Gasteiger partial charge on any atom is -0.352 e. The Bertz CT molecular complexity index is 868. The fourth-order valence-corrected chi connectivity index (χ4v) is 4.05. The third-order valence-electron chi connectivity index (χ3n) is 4.64. The van der Waals surface area contributed by atoms with Gasteiger partial charge in [0.05, 0.1) is 11.9 Å². The van der Waals surface area contributed by atoms with Crippen LogP contribution >= 0.6 is 11.3 Å². The third kappa shape index (κ3) is 3.86. The number of nitrogens with one attached hydrogen (secondary N) is 1. The van der Waals surface area contributed by atoms with E-state index < -0.39 is 0 Å². The van der Waals surface area contributed by atoms with Crippen LogP contribution in [0.25, 0.3) is 0 Å². The second kappa shape index (κ2) is 7.43. The zero-order valence-corrected chi connectivity index (χ0v) is 15.5. The zero-order chi connectivity index (χ0) is 17.9. The molecule has 3 aromatic rings. The summed E-state index contributed by atoms with van der Waals surface area (Å²) in [5, 5.41) is 15.6. The molecule has 0 bridgehead atoms. The Kier molecular flexibility index (Phi) is 4.85. The molecule has 3 aromatic heterocycles. The van der Waals surface area contributed by atoms with E-state index in [1.807, 2.05) is 40.9 Å². The van der Waals surface area contributed by atoms with Crippen LogP contribution < -0.4 is 5.32 Å². The number of aryl methyl sites for hydroxylation is 1. The Morgan fingerprint density at radius 1 is 1.35 bits per heavy atom. The number of hydrogen-bond donors (Lipinski definition) is 1. The monoisotopic (exact) mass is 370 g/mol. The molecule has 1 aliphatic heterocycles. The van der Waals surface area contributed by atoms with Crippen molar-refractivity contribution < 1.29 is 4.79 Å². The van der Waals surface area contributed by atoms with E-state index in [0.717, 1.165) is 31.7 Å². The highest BCUT2D eigenvalue weighted by Gasteiger charge is 2.23. The van der Waals surface area contributed by atoms with E-state index in [1.54, 1.807) is 0 Å². The van der Waals surface area contributed by atoms with Gasteiger partial charge in [0, 0.05) is 74.6 Å². The molecule has 1 amide bonds. The van der Waals surface area contributed by atoms with Crippen molar-refractivity contribution in [3.8, 4) is 0 Å². The number of hydrogen-bond acceptors (Lipinski definition) is 5. The molecule has 4 rings (SSSR count). The molecule has 1 aliphatic rings. The molecule has 0 spiro atoms. The summed E-state index contributed by atoms with van der Waals surface area (Å²) < 4.78 is 3.89. The number of carbonyl (C=O) groups is 1. The van der Waals surface area contributed by atoms with Crippen LogP contribution in [0, 0.1) is 5.92 Å². The predicted molar refractivity (Wildman–Crippen MR) is 99.7 cm³/mol. The lowest BCUT2D eigenvalue weighted by Gasteiger charge is -2.23. The Morgan fingerprint density at radius 3 is 3.04 bits per heavy atom. The first kappa shape index (κ1) is 17.0. The van der Waals surface area contributed by atoms with Gasteiger partial charge in [0.15, 0.2) is 0 Å². The molecule has 4 heterocycles. The van der Waals surface area contributed by atoms with Gasteiger partial charge in [0.25, 0.3) is 5.91 Å². The molecule has 136 valence electrons. The van der Waals surface area contributed by atoms with Gasteiger partial charge in [-0.3, -0.25) is 19.1 Å². The average molecular weight is 370 g/mol. The highest BCUT2D eigenvalue weighted by molar-refractivity contribution is 7.08. The first-order valence-electron chi connectivity index (χ1n) is 8.68. The minimum atomic E-state index is -0.00463.